The summed E-state index contributed by atoms with van der Waals surface area (Å²) in [5.74, 6) is 0.614. The lowest BCUT2D eigenvalue weighted by Crippen LogP contribution is -2.48. The summed E-state index contributed by atoms with van der Waals surface area (Å²) in [6, 6.07) is 3.71. The van der Waals surface area contributed by atoms with Crippen molar-refractivity contribution in [2.75, 3.05) is 12.4 Å². The van der Waals surface area contributed by atoms with Gasteiger partial charge in [-0.05, 0) is 48.1 Å². The third kappa shape index (κ3) is 2.37. The Kier molecular flexibility index (Phi) is 3.77. The highest BCUT2D eigenvalue weighted by Crippen LogP contribution is 2.65. The molecular weight excluding hydrogens is 290 g/mol. The van der Waals surface area contributed by atoms with Crippen LogP contribution in [-0.2, 0) is 11.3 Å². The van der Waals surface area contributed by atoms with Gasteiger partial charge in [0.25, 0.3) is 5.56 Å². The Balaban J connectivity index is 1.71. The molecule has 2 aliphatic rings. The number of amides is 1. The molecule has 23 heavy (non-hydrogen) atoms. The minimum Gasteiger partial charge on any atom is -0.384 e. The zero-order valence-electron chi connectivity index (χ0n) is 14.5. The van der Waals surface area contributed by atoms with Gasteiger partial charge in [-0.15, -0.1) is 0 Å². The number of fused-ring (bicyclic) bond motifs is 2. The first-order valence-electron chi connectivity index (χ1n) is 8.46. The molecule has 1 amide bonds. The van der Waals surface area contributed by atoms with E-state index in [2.05, 4.69) is 31.4 Å². The lowest BCUT2D eigenvalue weighted by atomic mass is 9.69. The molecule has 0 saturated heterocycles. The topological polar surface area (TPSA) is 63.1 Å². The van der Waals surface area contributed by atoms with Gasteiger partial charge in [0.15, 0.2) is 0 Å². The number of carbonyl (C=O) groups excluding carboxylic acids is 1. The summed E-state index contributed by atoms with van der Waals surface area (Å²) in [7, 11) is 1.71. The molecule has 3 rings (SSSR count). The van der Waals surface area contributed by atoms with Crippen molar-refractivity contribution < 1.29 is 4.79 Å². The molecular formula is C18H27N3O2. The quantitative estimate of drug-likeness (QED) is 0.895. The molecule has 126 valence electrons. The molecule has 1 heterocycles. The molecule has 0 spiro atoms. The lowest BCUT2D eigenvalue weighted by Gasteiger charge is -2.39. The van der Waals surface area contributed by atoms with Crippen molar-refractivity contribution in [2.45, 2.75) is 52.6 Å². The summed E-state index contributed by atoms with van der Waals surface area (Å²) in [4.78, 5) is 24.6. The van der Waals surface area contributed by atoms with Crippen LogP contribution in [0.4, 0.5) is 5.69 Å². The molecule has 5 heteroatoms. The largest absolute Gasteiger partial charge is 0.384 e. The average molecular weight is 317 g/mol. The van der Waals surface area contributed by atoms with Crippen molar-refractivity contribution >= 4 is 11.6 Å². The van der Waals surface area contributed by atoms with Crippen LogP contribution < -0.4 is 16.2 Å². The third-order valence-corrected chi connectivity index (χ3v) is 6.73. The van der Waals surface area contributed by atoms with Gasteiger partial charge in [-0.2, -0.15) is 0 Å². The number of hydrogen-bond acceptors (Lipinski definition) is 3. The van der Waals surface area contributed by atoms with Crippen molar-refractivity contribution in [3.8, 4) is 0 Å². The highest BCUT2D eigenvalue weighted by atomic mass is 16.2. The minimum atomic E-state index is -0.162. The second kappa shape index (κ2) is 5.39. The molecule has 1 aromatic rings. The molecule has 2 saturated carbocycles. The molecule has 0 aromatic carbocycles. The van der Waals surface area contributed by atoms with Crippen molar-refractivity contribution in [3.05, 3.63) is 28.7 Å². The number of pyridine rings is 1. The molecule has 1 aromatic heterocycles. The van der Waals surface area contributed by atoms with Gasteiger partial charge in [0.2, 0.25) is 5.91 Å². The zero-order valence-corrected chi connectivity index (χ0v) is 14.5. The fraction of sp³-hybridized carbons (Fsp3) is 0.667. The first-order valence-corrected chi connectivity index (χ1v) is 8.46. The first-order chi connectivity index (χ1) is 10.8. The van der Waals surface area contributed by atoms with Gasteiger partial charge in [0, 0.05) is 19.3 Å². The Morgan fingerprint density at radius 2 is 2.13 bits per heavy atom. The van der Waals surface area contributed by atoms with Gasteiger partial charge in [0.1, 0.15) is 12.2 Å². The van der Waals surface area contributed by atoms with Crippen molar-refractivity contribution in [2.24, 2.45) is 16.7 Å². The first kappa shape index (κ1) is 16.1. The summed E-state index contributed by atoms with van der Waals surface area (Å²) in [5.41, 5.74) is 0.775. The molecule has 5 nitrogen and oxygen atoms in total. The molecule has 2 N–H and O–H groups in total. The van der Waals surface area contributed by atoms with E-state index in [4.69, 9.17) is 0 Å². The fourth-order valence-corrected chi connectivity index (χ4v) is 4.67. The van der Waals surface area contributed by atoms with Crippen LogP contribution >= 0.6 is 0 Å². The summed E-state index contributed by atoms with van der Waals surface area (Å²) >= 11 is 0. The van der Waals surface area contributed by atoms with Crippen molar-refractivity contribution in [1.82, 2.24) is 9.88 Å². The van der Waals surface area contributed by atoms with E-state index < -0.39 is 0 Å². The Hall–Kier alpha value is -1.78. The van der Waals surface area contributed by atoms with E-state index in [-0.39, 0.29) is 34.9 Å². The van der Waals surface area contributed by atoms with Crippen LogP contribution in [0.5, 0.6) is 0 Å². The van der Waals surface area contributed by atoms with Crippen molar-refractivity contribution in [1.29, 1.82) is 0 Å². The monoisotopic (exact) mass is 317 g/mol. The number of aromatic nitrogens is 1. The number of hydrogen-bond donors (Lipinski definition) is 2. The van der Waals surface area contributed by atoms with E-state index in [1.165, 1.54) is 17.4 Å². The molecule has 2 aliphatic carbocycles. The fourth-order valence-electron chi connectivity index (χ4n) is 4.67. The summed E-state index contributed by atoms with van der Waals surface area (Å²) in [6.07, 6.45) is 5.15. The maximum Gasteiger partial charge on any atom is 0.274 e. The van der Waals surface area contributed by atoms with E-state index in [1.807, 2.05) is 0 Å². The van der Waals surface area contributed by atoms with Crippen LogP contribution in [0.3, 0.4) is 0 Å². The van der Waals surface area contributed by atoms with Crippen LogP contribution in [-0.4, -0.2) is 23.6 Å². The highest BCUT2D eigenvalue weighted by Gasteiger charge is 2.61. The number of anilines is 1. The SMILES string of the molecule is CNc1cccn(CC(=O)NC2CC3CCC2(C)C3(C)C)c1=O. The Morgan fingerprint density at radius 3 is 2.70 bits per heavy atom. The van der Waals surface area contributed by atoms with Gasteiger partial charge in [-0.1, -0.05) is 20.8 Å². The molecule has 3 unspecified atom stereocenters. The molecule has 2 fully saturated rings. The molecule has 3 atom stereocenters. The maximum absolute atomic E-state index is 12.5. The predicted octanol–water partition coefficient (Wildman–Crippen LogP) is 2.22. The van der Waals surface area contributed by atoms with Gasteiger partial charge >= 0.3 is 0 Å². The molecule has 0 radical (unpaired) electrons. The summed E-state index contributed by atoms with van der Waals surface area (Å²) in [5, 5.41) is 6.06. The van der Waals surface area contributed by atoms with Crippen LogP contribution in [0.25, 0.3) is 0 Å². The Labute approximate surface area is 137 Å². The molecule has 2 bridgehead atoms. The van der Waals surface area contributed by atoms with Gasteiger partial charge in [-0.3, -0.25) is 9.59 Å². The number of nitrogens with one attached hydrogen (secondary N) is 2. The number of rotatable bonds is 4. The third-order valence-electron chi connectivity index (χ3n) is 6.73. The van der Waals surface area contributed by atoms with E-state index in [1.54, 1.807) is 25.4 Å². The van der Waals surface area contributed by atoms with Crippen LogP contribution in [0, 0.1) is 16.7 Å². The second-order valence-electron chi connectivity index (χ2n) is 7.84. The van der Waals surface area contributed by atoms with E-state index in [0.717, 1.165) is 6.42 Å². The van der Waals surface area contributed by atoms with Crippen molar-refractivity contribution in [3.63, 3.8) is 0 Å². The second-order valence-corrected chi connectivity index (χ2v) is 7.84. The standard InChI is InChI=1S/C18H27N3O2/c1-17(2)12-7-8-18(17,3)14(10-12)20-15(22)11-21-9-5-6-13(19-4)16(21)23/h5-6,9,12,14,19H,7-8,10-11H2,1-4H3,(H,20,22). The number of carbonyl (C=O) groups is 1. The Bertz CT molecular complexity index is 679. The lowest BCUT2D eigenvalue weighted by molar-refractivity contribution is -0.123. The smallest absolute Gasteiger partial charge is 0.274 e. The highest BCUT2D eigenvalue weighted by molar-refractivity contribution is 5.76. The van der Waals surface area contributed by atoms with Crippen LogP contribution in [0.2, 0.25) is 0 Å². The predicted molar refractivity (Wildman–Crippen MR) is 91.4 cm³/mol. The molecule has 0 aliphatic heterocycles. The van der Waals surface area contributed by atoms with Gasteiger partial charge < -0.3 is 15.2 Å². The average Bonchev–Trinajstić information content (AvgIpc) is 2.82. The van der Waals surface area contributed by atoms with Crippen LogP contribution in [0.15, 0.2) is 23.1 Å². The zero-order chi connectivity index (χ0) is 16.8. The van der Waals surface area contributed by atoms with Gasteiger partial charge in [-0.25, -0.2) is 0 Å². The Morgan fingerprint density at radius 1 is 1.39 bits per heavy atom. The maximum atomic E-state index is 12.5. The van der Waals surface area contributed by atoms with Crippen LogP contribution in [0.1, 0.15) is 40.0 Å². The summed E-state index contributed by atoms with van der Waals surface area (Å²) < 4.78 is 1.46. The normalized spacial score (nSPS) is 31.1. The van der Waals surface area contributed by atoms with E-state index in [0.29, 0.717) is 11.6 Å². The van der Waals surface area contributed by atoms with E-state index >= 15 is 0 Å². The van der Waals surface area contributed by atoms with Gasteiger partial charge in [0.05, 0.1) is 0 Å². The number of nitrogens with zero attached hydrogens (tertiary/aromatic N) is 1. The minimum absolute atomic E-state index is 0.0741. The van der Waals surface area contributed by atoms with E-state index in [9.17, 15) is 9.59 Å². The summed E-state index contributed by atoms with van der Waals surface area (Å²) in [6.45, 7) is 7.04.